The molecule has 8 nitrogen and oxygen atoms in total. The van der Waals surface area contributed by atoms with Crippen LogP contribution in [0.4, 0.5) is 0 Å². The van der Waals surface area contributed by atoms with E-state index in [1.54, 1.807) is 18.7 Å². The second kappa shape index (κ2) is 13.6. The molecular weight excluding hydrogens is 584 g/mol. The monoisotopic (exact) mass is 628 g/mol. The van der Waals surface area contributed by atoms with E-state index >= 15 is 0 Å². The minimum atomic E-state index is -0.996. The Morgan fingerprint density at radius 2 is 1.80 bits per heavy atom. The van der Waals surface area contributed by atoms with Gasteiger partial charge in [0, 0.05) is 33.8 Å². The number of amides is 1. The Kier molecular flexibility index (Phi) is 9.77. The minimum absolute atomic E-state index is 0.131. The highest BCUT2D eigenvalue weighted by Gasteiger charge is 2.31. The Labute approximate surface area is 270 Å². The highest BCUT2D eigenvalue weighted by molar-refractivity contribution is 7.98. The molecule has 0 unspecified atom stereocenters. The smallest absolute Gasteiger partial charge is 0.339 e. The molecule has 4 aromatic rings. The van der Waals surface area contributed by atoms with Crippen molar-refractivity contribution < 1.29 is 19.4 Å². The second-order valence-electron chi connectivity index (χ2n) is 12.0. The highest BCUT2D eigenvalue weighted by Crippen LogP contribution is 2.47. The molecule has 2 aromatic carbocycles. The predicted molar refractivity (Wildman–Crippen MR) is 184 cm³/mol. The van der Waals surface area contributed by atoms with Gasteiger partial charge in [0.15, 0.2) is 0 Å². The molecule has 5 rings (SSSR count). The van der Waals surface area contributed by atoms with E-state index in [4.69, 9.17) is 4.74 Å². The van der Waals surface area contributed by atoms with E-state index in [0.717, 1.165) is 64.7 Å². The van der Waals surface area contributed by atoms with Gasteiger partial charge in [0.1, 0.15) is 11.3 Å². The molecule has 1 aliphatic rings. The third-order valence-corrected chi connectivity index (χ3v) is 9.33. The second-order valence-corrected chi connectivity index (χ2v) is 13.4. The van der Waals surface area contributed by atoms with Gasteiger partial charge in [0.2, 0.25) is 0 Å². The number of methoxy groups -OCH3 is 1. The van der Waals surface area contributed by atoms with Gasteiger partial charge in [-0.05, 0) is 97.7 Å². The van der Waals surface area contributed by atoms with Crippen molar-refractivity contribution in [3.05, 3.63) is 70.0 Å². The summed E-state index contributed by atoms with van der Waals surface area (Å²) < 4.78 is 12.7. The zero-order valence-corrected chi connectivity index (χ0v) is 28.2. The van der Waals surface area contributed by atoms with E-state index in [2.05, 4.69) is 46.4 Å². The topological polar surface area (TPSA) is 98.4 Å². The van der Waals surface area contributed by atoms with Crippen molar-refractivity contribution in [1.82, 2.24) is 19.1 Å². The van der Waals surface area contributed by atoms with Crippen molar-refractivity contribution in [3.63, 3.8) is 0 Å². The van der Waals surface area contributed by atoms with Crippen LogP contribution in [0.3, 0.4) is 0 Å². The summed E-state index contributed by atoms with van der Waals surface area (Å²) >= 11 is 1.40. The first-order chi connectivity index (χ1) is 21.6. The van der Waals surface area contributed by atoms with Crippen LogP contribution in [0, 0.1) is 6.92 Å². The number of hydrogen-bond donors (Lipinski definition) is 2. The lowest BCUT2D eigenvalue weighted by Gasteiger charge is -2.19. The average molecular weight is 629 g/mol. The first-order valence-corrected chi connectivity index (χ1v) is 16.8. The highest BCUT2D eigenvalue weighted by atomic mass is 32.2. The van der Waals surface area contributed by atoms with Gasteiger partial charge in [-0.2, -0.15) is 5.10 Å². The molecule has 9 heteroatoms. The summed E-state index contributed by atoms with van der Waals surface area (Å²) in [6.07, 6.45) is 6.30. The van der Waals surface area contributed by atoms with Gasteiger partial charge in [-0.1, -0.05) is 46.6 Å². The van der Waals surface area contributed by atoms with Gasteiger partial charge in [-0.3, -0.25) is 14.2 Å². The number of nitrogens with one attached hydrogen (secondary N) is 1. The standard InChI is InChI=1S/C36H44N4O4S/c1-8-11-23(12-9-2)32-29-15-13-24(35(41)38-45-21(4)5)19-30(29)39-20-26(33-31(36(42)43)22(6)37-40(33)10-3)17-25-18-27(44-7)14-16-28(25)34(32)39/h13-19,21,23H,8-12,20H2,1-7H3,(H,38,41)(H,42,43). The first kappa shape index (κ1) is 32.4. The van der Waals surface area contributed by atoms with Crippen LogP contribution >= 0.6 is 11.9 Å². The lowest BCUT2D eigenvalue weighted by molar-refractivity contribution is 0.0695. The van der Waals surface area contributed by atoms with E-state index in [1.807, 2.05) is 45.0 Å². The molecule has 0 fully saturated rings. The van der Waals surface area contributed by atoms with Crippen molar-refractivity contribution in [2.45, 2.75) is 91.5 Å². The molecule has 45 heavy (non-hydrogen) atoms. The number of carbonyl (C=O) groups excluding carboxylic acids is 1. The number of nitrogens with zero attached hydrogens (tertiary/aromatic N) is 3. The Morgan fingerprint density at radius 1 is 1.07 bits per heavy atom. The molecule has 3 heterocycles. The fourth-order valence-electron chi connectivity index (χ4n) is 6.69. The summed E-state index contributed by atoms with van der Waals surface area (Å²) in [6, 6.07) is 12.2. The molecule has 0 aliphatic carbocycles. The molecule has 0 saturated carbocycles. The largest absolute Gasteiger partial charge is 0.497 e. The first-order valence-electron chi connectivity index (χ1n) is 15.9. The number of aromatic carboxylic acids is 1. The van der Waals surface area contributed by atoms with Gasteiger partial charge in [0.05, 0.1) is 30.7 Å². The van der Waals surface area contributed by atoms with Gasteiger partial charge < -0.3 is 14.4 Å². The van der Waals surface area contributed by atoms with Gasteiger partial charge in [-0.25, -0.2) is 4.79 Å². The minimum Gasteiger partial charge on any atom is -0.497 e. The summed E-state index contributed by atoms with van der Waals surface area (Å²) in [5, 5.41) is 16.3. The quantitative estimate of drug-likeness (QED) is 0.153. The Morgan fingerprint density at radius 3 is 2.42 bits per heavy atom. The number of hydrogen-bond acceptors (Lipinski definition) is 5. The fraction of sp³-hybridized carbons (Fsp3) is 0.417. The molecule has 0 saturated heterocycles. The van der Waals surface area contributed by atoms with Crippen molar-refractivity contribution in [1.29, 1.82) is 0 Å². The average Bonchev–Trinajstić information content (AvgIpc) is 3.46. The van der Waals surface area contributed by atoms with E-state index in [9.17, 15) is 14.7 Å². The molecule has 1 aliphatic heterocycles. The molecule has 0 spiro atoms. The summed E-state index contributed by atoms with van der Waals surface area (Å²) in [5.74, 6) is -0.0726. The van der Waals surface area contributed by atoms with Crippen LogP contribution in [0.5, 0.6) is 5.75 Å². The number of carboxylic acid groups (broad SMARTS) is 1. The summed E-state index contributed by atoms with van der Waals surface area (Å²) in [7, 11) is 1.66. The third kappa shape index (κ3) is 6.15. The van der Waals surface area contributed by atoms with E-state index in [0.29, 0.717) is 36.0 Å². The Hall–Kier alpha value is -3.98. The summed E-state index contributed by atoms with van der Waals surface area (Å²) in [5.41, 5.74) is 8.14. The molecule has 1 amide bonds. The number of rotatable bonds is 12. The molecule has 238 valence electrons. The van der Waals surface area contributed by atoms with E-state index in [-0.39, 0.29) is 16.7 Å². The fourth-order valence-corrected chi connectivity index (χ4v) is 7.15. The molecular formula is C36H44N4O4S. The van der Waals surface area contributed by atoms with Crippen LogP contribution in [0.25, 0.3) is 33.8 Å². The number of aryl methyl sites for hydroxylation is 2. The van der Waals surface area contributed by atoms with Gasteiger partial charge in [0.25, 0.3) is 5.91 Å². The summed E-state index contributed by atoms with van der Waals surface area (Å²) in [6.45, 7) is 13.2. The molecule has 2 N–H and O–H groups in total. The SMILES string of the molecule is CCCC(CCC)c1c2n(c3cc(C(=O)NSC(C)C)ccc13)CC(c1c(C(=O)O)c(C)nn1CC)=Cc1cc(OC)ccc1-2. The van der Waals surface area contributed by atoms with Crippen LogP contribution in [-0.4, -0.2) is 43.7 Å². The number of carboxylic acids is 1. The number of ether oxygens (including phenoxy) is 1. The lowest BCUT2D eigenvalue weighted by Crippen LogP contribution is -2.18. The number of fused-ring (bicyclic) bond motifs is 5. The van der Waals surface area contributed by atoms with Crippen molar-refractivity contribution in [3.8, 4) is 17.0 Å². The van der Waals surface area contributed by atoms with E-state index in [1.165, 1.54) is 17.5 Å². The number of benzene rings is 2. The van der Waals surface area contributed by atoms with Crippen LogP contribution in [-0.2, 0) is 13.1 Å². The van der Waals surface area contributed by atoms with Gasteiger partial charge >= 0.3 is 5.97 Å². The van der Waals surface area contributed by atoms with E-state index < -0.39 is 5.97 Å². The van der Waals surface area contributed by atoms with Crippen LogP contribution in [0.2, 0.25) is 0 Å². The predicted octanol–water partition coefficient (Wildman–Crippen LogP) is 8.56. The maximum atomic E-state index is 13.3. The Balaban J connectivity index is 1.86. The number of allylic oxidation sites excluding steroid dienone is 1. The Bertz CT molecular complexity index is 1780. The van der Waals surface area contributed by atoms with Crippen molar-refractivity contribution in [2.75, 3.05) is 7.11 Å². The number of carbonyl (C=O) groups is 2. The third-order valence-electron chi connectivity index (χ3n) is 8.55. The maximum absolute atomic E-state index is 13.3. The van der Waals surface area contributed by atoms with Crippen molar-refractivity contribution >= 4 is 46.4 Å². The zero-order valence-electron chi connectivity index (χ0n) is 27.4. The molecule has 0 radical (unpaired) electrons. The van der Waals surface area contributed by atoms with Crippen LogP contribution in [0.15, 0.2) is 36.4 Å². The maximum Gasteiger partial charge on any atom is 0.339 e. The van der Waals surface area contributed by atoms with Crippen molar-refractivity contribution in [2.24, 2.45) is 0 Å². The molecule has 0 atom stereocenters. The van der Waals surface area contributed by atoms with Gasteiger partial charge in [-0.15, -0.1) is 0 Å². The van der Waals surface area contributed by atoms with Crippen LogP contribution in [0.1, 0.15) is 109 Å². The number of aromatic nitrogens is 3. The normalized spacial score (nSPS) is 12.7. The molecule has 0 bridgehead atoms. The summed E-state index contributed by atoms with van der Waals surface area (Å²) in [4.78, 5) is 25.9. The zero-order chi connectivity index (χ0) is 32.4. The lowest BCUT2D eigenvalue weighted by atomic mass is 9.86. The molecule has 2 aromatic heterocycles. The van der Waals surface area contributed by atoms with Crippen LogP contribution < -0.4 is 9.46 Å².